The van der Waals surface area contributed by atoms with E-state index in [0.29, 0.717) is 5.56 Å². The van der Waals surface area contributed by atoms with E-state index in [0.717, 1.165) is 43.8 Å². The molecule has 0 unspecified atom stereocenters. The molecule has 9 rings (SSSR count). The number of benzene rings is 8. The highest BCUT2D eigenvalue weighted by molar-refractivity contribution is 6.21. The zero-order valence-electron chi connectivity index (χ0n) is 34.7. The molecule has 0 spiro atoms. The Kier molecular flexibility index (Phi) is 3.87. The Morgan fingerprint density at radius 1 is 0.400 bits per heavy atom. The highest BCUT2D eigenvalue weighted by Gasteiger charge is 2.17. The van der Waals surface area contributed by atoms with Gasteiger partial charge in [0.05, 0.1) is 15.1 Å². The van der Waals surface area contributed by atoms with Crippen LogP contribution in [-0.4, -0.2) is 0 Å². The molecule has 0 bridgehead atoms. The summed E-state index contributed by atoms with van der Waals surface area (Å²) in [6, 6.07) is 28.0. The van der Waals surface area contributed by atoms with Gasteiger partial charge in [0.1, 0.15) is 11.2 Å². The zero-order chi connectivity index (χ0) is 39.3. The van der Waals surface area contributed by atoms with Crippen molar-refractivity contribution in [2.45, 2.75) is 0 Å². The van der Waals surface area contributed by atoms with E-state index < -0.39 is 54.4 Å². The van der Waals surface area contributed by atoms with Crippen molar-refractivity contribution in [3.8, 4) is 44.5 Å². The van der Waals surface area contributed by atoms with Gasteiger partial charge in [-0.15, -0.1) is 0 Å². The van der Waals surface area contributed by atoms with E-state index >= 15 is 0 Å². The minimum atomic E-state index is -0.655. The summed E-state index contributed by atoms with van der Waals surface area (Å²) in [5.41, 5.74) is 3.25. The molecular formula is C44H28O. The lowest BCUT2D eigenvalue weighted by molar-refractivity contribution is 0.669. The SMILES string of the molecule is [2H]c1c([2H])c([2H])c(-c2c([2H])c([2H])c([2H])c3oc4c([2H])c([2H])c(-c5cccc(-c6c7ccccc7c(-c7ccccc7)c7ccccc67)c5)c([2H])c4c23)c([2H])c1[2H]. The van der Waals surface area contributed by atoms with Crippen LogP contribution in [0.4, 0.5) is 0 Å². The van der Waals surface area contributed by atoms with Crippen LogP contribution in [-0.2, 0) is 0 Å². The third-order valence-corrected chi connectivity index (χ3v) is 8.26. The largest absolute Gasteiger partial charge is 0.456 e. The third-order valence-electron chi connectivity index (χ3n) is 8.26. The average Bonchev–Trinajstić information content (AvgIpc) is 3.62. The Morgan fingerprint density at radius 2 is 1.02 bits per heavy atom. The topological polar surface area (TPSA) is 13.1 Å². The molecule has 1 aromatic heterocycles. The Hall–Kier alpha value is -5.92. The van der Waals surface area contributed by atoms with Crippen LogP contribution in [0.1, 0.15) is 15.1 Å². The number of hydrogen-bond donors (Lipinski definition) is 0. The van der Waals surface area contributed by atoms with Crippen molar-refractivity contribution >= 4 is 43.5 Å². The van der Waals surface area contributed by atoms with Crippen molar-refractivity contribution in [2.75, 3.05) is 0 Å². The highest BCUT2D eigenvalue weighted by Crippen LogP contribution is 2.44. The van der Waals surface area contributed by atoms with E-state index in [9.17, 15) is 2.74 Å². The Labute approximate surface area is 277 Å². The normalized spacial score (nSPS) is 15.0. The summed E-state index contributed by atoms with van der Waals surface area (Å²) in [4.78, 5) is 0. The summed E-state index contributed by atoms with van der Waals surface area (Å²) in [6.45, 7) is 0. The maximum atomic E-state index is 9.62. The van der Waals surface area contributed by atoms with Gasteiger partial charge in [0.15, 0.2) is 0 Å². The molecule has 0 aliphatic heterocycles. The van der Waals surface area contributed by atoms with Crippen LogP contribution in [0.5, 0.6) is 0 Å². The van der Waals surface area contributed by atoms with Crippen molar-refractivity contribution in [3.05, 3.63) is 170 Å². The Balaban J connectivity index is 1.36. The quantitative estimate of drug-likeness (QED) is 0.188. The highest BCUT2D eigenvalue weighted by atomic mass is 16.3. The predicted octanol–water partition coefficient (Wildman–Crippen LogP) is 12.6. The molecule has 9 aromatic rings. The molecule has 0 N–H and O–H groups in total. The summed E-state index contributed by atoms with van der Waals surface area (Å²) < 4.78 is 102. The number of furan rings is 1. The summed E-state index contributed by atoms with van der Waals surface area (Å²) >= 11 is 0. The van der Waals surface area contributed by atoms with Crippen molar-refractivity contribution in [2.24, 2.45) is 0 Å². The maximum Gasteiger partial charge on any atom is 0.136 e. The first-order valence-corrected chi connectivity index (χ1v) is 14.5. The van der Waals surface area contributed by atoms with E-state index in [-0.39, 0.29) is 50.7 Å². The Morgan fingerprint density at radius 3 is 1.73 bits per heavy atom. The van der Waals surface area contributed by atoms with Gasteiger partial charge in [0.2, 0.25) is 0 Å². The van der Waals surface area contributed by atoms with Crippen LogP contribution < -0.4 is 0 Å². The van der Waals surface area contributed by atoms with Crippen LogP contribution in [0, 0.1) is 0 Å². The number of rotatable bonds is 4. The summed E-state index contributed by atoms with van der Waals surface area (Å²) in [5.74, 6) is 0. The molecule has 8 aromatic carbocycles. The molecule has 0 fully saturated rings. The molecular weight excluding hydrogens is 544 g/mol. The minimum Gasteiger partial charge on any atom is -0.456 e. The fourth-order valence-corrected chi connectivity index (χ4v) is 6.35. The molecule has 0 radical (unpaired) electrons. The maximum absolute atomic E-state index is 9.62. The Bertz CT molecular complexity index is 3070. The lowest BCUT2D eigenvalue weighted by Gasteiger charge is -2.18. The molecule has 0 saturated carbocycles. The monoisotopic (exact) mass is 583 g/mol. The van der Waals surface area contributed by atoms with Crippen LogP contribution in [0.2, 0.25) is 0 Å². The van der Waals surface area contributed by atoms with Gasteiger partial charge in [-0.05, 0) is 90.2 Å². The molecule has 0 atom stereocenters. The molecule has 1 heterocycles. The van der Waals surface area contributed by atoms with E-state index in [2.05, 4.69) is 36.4 Å². The second-order valence-electron chi connectivity index (χ2n) is 10.8. The average molecular weight is 584 g/mol. The lowest BCUT2D eigenvalue weighted by Crippen LogP contribution is -1.91. The van der Waals surface area contributed by atoms with Gasteiger partial charge in [0, 0.05) is 10.8 Å². The van der Waals surface area contributed by atoms with Gasteiger partial charge in [-0.25, -0.2) is 0 Å². The second-order valence-corrected chi connectivity index (χ2v) is 10.8. The predicted molar refractivity (Wildman–Crippen MR) is 190 cm³/mol. The van der Waals surface area contributed by atoms with Gasteiger partial charge >= 0.3 is 0 Å². The summed E-state index contributed by atoms with van der Waals surface area (Å²) in [5, 5.41) is 3.93. The van der Waals surface area contributed by atoms with Crippen molar-refractivity contribution < 1.29 is 19.5 Å². The fourth-order valence-electron chi connectivity index (χ4n) is 6.35. The van der Waals surface area contributed by atoms with Crippen LogP contribution in [0.15, 0.2) is 174 Å². The first-order chi connectivity index (χ1) is 26.9. The molecule has 1 nitrogen and oxygen atoms in total. The smallest absolute Gasteiger partial charge is 0.136 e. The second kappa shape index (κ2) is 10.4. The van der Waals surface area contributed by atoms with Gasteiger partial charge in [-0.2, -0.15) is 0 Å². The molecule has 210 valence electrons. The van der Waals surface area contributed by atoms with Crippen LogP contribution in [0.25, 0.3) is 88.0 Å². The summed E-state index contributed by atoms with van der Waals surface area (Å²) in [6.07, 6.45) is 0. The number of hydrogen-bond acceptors (Lipinski definition) is 1. The van der Waals surface area contributed by atoms with Crippen molar-refractivity contribution in [1.29, 1.82) is 0 Å². The standard InChI is InChI=1S/C44H28O/c1-3-13-29(14-4-1)34-23-12-24-41-44(34)39-28-32(25-26-40(39)45-41)31-17-11-18-33(27-31)43-37-21-9-7-19-35(37)42(30-15-5-2-6-16-30)36-20-8-10-22-38(36)43/h1-28H/i1D,3D,4D,12D,13D,14D,23D,24D,25D,26D,28D. The van der Waals surface area contributed by atoms with Crippen molar-refractivity contribution in [3.63, 3.8) is 0 Å². The molecule has 0 amide bonds. The van der Waals surface area contributed by atoms with E-state index in [1.165, 1.54) is 0 Å². The first kappa shape index (κ1) is 16.8. The van der Waals surface area contributed by atoms with Gasteiger partial charge in [-0.1, -0.05) is 145 Å². The van der Waals surface area contributed by atoms with Crippen molar-refractivity contribution in [1.82, 2.24) is 0 Å². The number of fused-ring (bicyclic) bond motifs is 5. The molecule has 45 heavy (non-hydrogen) atoms. The zero-order valence-corrected chi connectivity index (χ0v) is 23.7. The van der Waals surface area contributed by atoms with Gasteiger partial charge in [-0.3, -0.25) is 0 Å². The first-order valence-electron chi connectivity index (χ1n) is 20.0. The molecule has 0 saturated heterocycles. The molecule has 1 heteroatoms. The summed E-state index contributed by atoms with van der Waals surface area (Å²) in [7, 11) is 0. The van der Waals surface area contributed by atoms with E-state index in [1.807, 2.05) is 60.7 Å². The lowest BCUT2D eigenvalue weighted by atomic mass is 9.85. The molecule has 0 aliphatic rings. The third kappa shape index (κ3) is 4.17. The molecule has 0 aliphatic carbocycles. The minimum absolute atomic E-state index is 0.0617. The van der Waals surface area contributed by atoms with Gasteiger partial charge < -0.3 is 4.42 Å². The van der Waals surface area contributed by atoms with E-state index in [4.69, 9.17) is 16.8 Å². The van der Waals surface area contributed by atoms with Crippen LogP contribution >= 0.6 is 0 Å². The van der Waals surface area contributed by atoms with Gasteiger partial charge in [0.25, 0.3) is 0 Å². The van der Waals surface area contributed by atoms with Crippen LogP contribution in [0.3, 0.4) is 0 Å². The fraction of sp³-hybridized carbons (Fsp3) is 0. The van der Waals surface area contributed by atoms with E-state index in [1.54, 1.807) is 6.07 Å².